The first kappa shape index (κ1) is 23.5. The molecule has 2 fully saturated rings. The van der Waals surface area contributed by atoms with Gasteiger partial charge in [-0.2, -0.15) is 0 Å². The highest BCUT2D eigenvalue weighted by atomic mass is 16.5. The van der Waals surface area contributed by atoms with E-state index < -0.39 is 0 Å². The van der Waals surface area contributed by atoms with E-state index in [0.29, 0.717) is 0 Å². The van der Waals surface area contributed by atoms with Gasteiger partial charge in [-0.05, 0) is 57.5 Å². The van der Waals surface area contributed by atoms with E-state index >= 15 is 0 Å². The minimum atomic E-state index is 0.846. The zero-order chi connectivity index (χ0) is 20.7. The molecule has 0 bridgehead atoms. The summed E-state index contributed by atoms with van der Waals surface area (Å²) in [4.78, 5) is 7.89. The van der Waals surface area contributed by atoms with Crippen LogP contribution >= 0.6 is 0 Å². The smallest absolute Gasteiger partial charge is 0.119 e. The Balaban J connectivity index is 1.09. The molecular weight excluding hydrogens is 374 g/mol. The molecule has 0 spiro atoms. The summed E-state index contributed by atoms with van der Waals surface area (Å²) in [5.74, 6) is 0.994. The Hall–Kier alpha value is -1.14. The number of morpholine rings is 1. The lowest BCUT2D eigenvalue weighted by atomic mass is 10.1. The maximum atomic E-state index is 5.76. The van der Waals surface area contributed by atoms with Crippen molar-refractivity contribution in [2.45, 2.75) is 44.9 Å². The largest absolute Gasteiger partial charge is 0.494 e. The Labute approximate surface area is 184 Å². The third kappa shape index (κ3) is 9.78. The topological polar surface area (TPSA) is 28.2 Å². The van der Waals surface area contributed by atoms with Crippen molar-refractivity contribution in [1.82, 2.24) is 14.7 Å². The van der Waals surface area contributed by atoms with Gasteiger partial charge in [0.2, 0.25) is 0 Å². The average Bonchev–Trinajstić information content (AvgIpc) is 2.81. The molecule has 1 aromatic rings. The summed E-state index contributed by atoms with van der Waals surface area (Å²) in [6.07, 6.45) is 9.15. The molecule has 0 unspecified atom stereocenters. The monoisotopic (exact) mass is 417 g/mol. The number of hydrogen-bond donors (Lipinski definition) is 0. The van der Waals surface area contributed by atoms with Crippen molar-refractivity contribution in [1.29, 1.82) is 0 Å². The van der Waals surface area contributed by atoms with Gasteiger partial charge in [-0.1, -0.05) is 37.5 Å². The highest BCUT2D eigenvalue weighted by Gasteiger charge is 2.16. The van der Waals surface area contributed by atoms with Gasteiger partial charge in [0.15, 0.2) is 0 Å². The fourth-order valence-corrected chi connectivity index (χ4v) is 4.41. The standard InChI is InChI=1S/C25H43N3O2/c1(3-10-22-30-25-11-5-4-6-12-25)2-7-13-26-16-18-27(19-17-26)14-8-9-15-28-20-23-29-24-21-28/h4-6,11-12H,1-3,7-10,13-24H2. The zero-order valence-electron chi connectivity index (χ0n) is 19.0. The van der Waals surface area contributed by atoms with Crippen LogP contribution < -0.4 is 4.74 Å². The van der Waals surface area contributed by atoms with Gasteiger partial charge < -0.3 is 19.3 Å². The van der Waals surface area contributed by atoms with Crippen LogP contribution in [0, 0.1) is 0 Å². The number of para-hydroxylation sites is 1. The van der Waals surface area contributed by atoms with Crippen molar-refractivity contribution in [2.24, 2.45) is 0 Å². The van der Waals surface area contributed by atoms with Crippen molar-refractivity contribution < 1.29 is 9.47 Å². The molecule has 0 radical (unpaired) electrons. The molecule has 1 aromatic carbocycles. The molecule has 0 saturated carbocycles. The molecule has 0 atom stereocenters. The quantitative estimate of drug-likeness (QED) is 0.430. The molecule has 0 aliphatic carbocycles. The fraction of sp³-hybridized carbons (Fsp3) is 0.760. The number of rotatable bonds is 14. The van der Waals surface area contributed by atoms with Crippen LogP contribution in [-0.4, -0.2) is 93.4 Å². The molecule has 2 aliphatic heterocycles. The molecule has 5 heteroatoms. The van der Waals surface area contributed by atoms with Gasteiger partial charge in [0, 0.05) is 39.3 Å². The lowest BCUT2D eigenvalue weighted by Gasteiger charge is -2.35. The Kier molecular flexibility index (Phi) is 11.6. The molecule has 2 aliphatic rings. The Morgan fingerprint density at radius 2 is 1.10 bits per heavy atom. The Bertz CT molecular complexity index is 528. The maximum Gasteiger partial charge on any atom is 0.119 e. The summed E-state index contributed by atoms with van der Waals surface area (Å²) in [7, 11) is 0. The van der Waals surface area contributed by atoms with Gasteiger partial charge in [0.1, 0.15) is 5.75 Å². The fourth-order valence-electron chi connectivity index (χ4n) is 4.41. The van der Waals surface area contributed by atoms with Crippen LogP contribution in [0.2, 0.25) is 0 Å². The van der Waals surface area contributed by atoms with Crippen LogP contribution in [0.25, 0.3) is 0 Å². The molecular formula is C25H43N3O2. The molecule has 3 rings (SSSR count). The Morgan fingerprint density at radius 3 is 1.73 bits per heavy atom. The molecule has 0 N–H and O–H groups in total. The van der Waals surface area contributed by atoms with E-state index in [2.05, 4.69) is 14.7 Å². The molecule has 2 heterocycles. The van der Waals surface area contributed by atoms with Gasteiger partial charge in [-0.25, -0.2) is 0 Å². The van der Waals surface area contributed by atoms with E-state index in [0.717, 1.165) is 38.7 Å². The molecule has 0 amide bonds. The third-order valence-electron chi connectivity index (χ3n) is 6.40. The van der Waals surface area contributed by atoms with Crippen LogP contribution in [0.1, 0.15) is 44.9 Å². The van der Waals surface area contributed by atoms with E-state index in [4.69, 9.17) is 9.47 Å². The van der Waals surface area contributed by atoms with Gasteiger partial charge in [0.05, 0.1) is 19.8 Å². The summed E-state index contributed by atoms with van der Waals surface area (Å²) in [6.45, 7) is 13.8. The lowest BCUT2D eigenvalue weighted by molar-refractivity contribution is 0.0366. The van der Waals surface area contributed by atoms with Crippen molar-refractivity contribution in [3.63, 3.8) is 0 Å². The Morgan fingerprint density at radius 1 is 0.600 bits per heavy atom. The zero-order valence-corrected chi connectivity index (χ0v) is 19.0. The van der Waals surface area contributed by atoms with Crippen LogP contribution in [-0.2, 0) is 4.74 Å². The molecule has 170 valence electrons. The van der Waals surface area contributed by atoms with Gasteiger partial charge in [-0.3, -0.25) is 4.90 Å². The number of benzene rings is 1. The second kappa shape index (κ2) is 14.8. The normalized spacial score (nSPS) is 19.2. The predicted molar refractivity (Wildman–Crippen MR) is 124 cm³/mol. The van der Waals surface area contributed by atoms with Gasteiger partial charge in [-0.15, -0.1) is 0 Å². The third-order valence-corrected chi connectivity index (χ3v) is 6.40. The number of hydrogen-bond acceptors (Lipinski definition) is 5. The highest BCUT2D eigenvalue weighted by molar-refractivity contribution is 5.20. The van der Waals surface area contributed by atoms with Crippen LogP contribution in [0.5, 0.6) is 5.75 Å². The minimum absolute atomic E-state index is 0.846. The second-order valence-corrected chi connectivity index (χ2v) is 8.77. The first-order valence-electron chi connectivity index (χ1n) is 12.3. The molecule has 2 saturated heterocycles. The average molecular weight is 418 g/mol. The number of piperazine rings is 1. The first-order valence-corrected chi connectivity index (χ1v) is 12.3. The first-order chi connectivity index (χ1) is 14.9. The number of nitrogens with zero attached hydrogens (tertiary/aromatic N) is 3. The van der Waals surface area contributed by atoms with E-state index in [9.17, 15) is 0 Å². The van der Waals surface area contributed by atoms with Crippen LogP contribution in [0.3, 0.4) is 0 Å². The van der Waals surface area contributed by atoms with E-state index in [-0.39, 0.29) is 0 Å². The summed E-state index contributed by atoms with van der Waals surface area (Å²) in [5.41, 5.74) is 0. The van der Waals surface area contributed by atoms with Crippen molar-refractivity contribution >= 4 is 0 Å². The predicted octanol–water partition coefficient (Wildman–Crippen LogP) is 3.75. The molecule has 30 heavy (non-hydrogen) atoms. The van der Waals surface area contributed by atoms with Crippen molar-refractivity contribution in [3.05, 3.63) is 30.3 Å². The summed E-state index contributed by atoms with van der Waals surface area (Å²) in [5, 5.41) is 0. The molecule has 0 aromatic heterocycles. The second-order valence-electron chi connectivity index (χ2n) is 8.77. The van der Waals surface area contributed by atoms with Crippen molar-refractivity contribution in [3.8, 4) is 5.75 Å². The molecule has 5 nitrogen and oxygen atoms in total. The van der Waals surface area contributed by atoms with Gasteiger partial charge >= 0.3 is 0 Å². The van der Waals surface area contributed by atoms with E-state index in [1.165, 1.54) is 90.8 Å². The van der Waals surface area contributed by atoms with Gasteiger partial charge in [0.25, 0.3) is 0 Å². The number of unbranched alkanes of at least 4 members (excludes halogenated alkanes) is 5. The van der Waals surface area contributed by atoms with Crippen LogP contribution in [0.4, 0.5) is 0 Å². The van der Waals surface area contributed by atoms with Crippen LogP contribution in [0.15, 0.2) is 30.3 Å². The summed E-state index contributed by atoms with van der Waals surface area (Å²) >= 11 is 0. The minimum Gasteiger partial charge on any atom is -0.494 e. The highest BCUT2D eigenvalue weighted by Crippen LogP contribution is 2.11. The van der Waals surface area contributed by atoms with E-state index in [1.54, 1.807) is 0 Å². The lowest BCUT2D eigenvalue weighted by Crippen LogP contribution is -2.46. The maximum absolute atomic E-state index is 5.76. The summed E-state index contributed by atoms with van der Waals surface area (Å²) in [6, 6.07) is 10.2. The van der Waals surface area contributed by atoms with E-state index in [1.807, 2.05) is 30.3 Å². The van der Waals surface area contributed by atoms with Crippen molar-refractivity contribution in [2.75, 3.05) is 78.7 Å². The number of ether oxygens (including phenoxy) is 2. The SMILES string of the molecule is c1ccc(OCCCCCCCN2CCN(CCCCN3CCOCC3)CC2)cc1. The summed E-state index contributed by atoms with van der Waals surface area (Å²) < 4.78 is 11.2.